The van der Waals surface area contributed by atoms with Gasteiger partial charge in [-0.1, -0.05) is 32.6 Å². The second kappa shape index (κ2) is 7.64. The first-order valence-electron chi connectivity index (χ1n) is 5.84. The Morgan fingerprint density at radius 2 is 1.88 bits per heavy atom. The molecule has 16 heavy (non-hydrogen) atoms. The van der Waals surface area contributed by atoms with Gasteiger partial charge in [-0.3, -0.25) is 0 Å². The zero-order chi connectivity index (χ0) is 12.6. The second-order valence-corrected chi connectivity index (χ2v) is 6.22. The molecule has 0 aliphatic carbocycles. The van der Waals surface area contributed by atoms with Crippen LogP contribution in [-0.2, 0) is 10.0 Å². The van der Waals surface area contributed by atoms with Crippen LogP contribution in [0.25, 0.3) is 0 Å². The maximum Gasteiger partial charge on any atom is 0.227 e. The number of hydrogen-bond acceptors (Lipinski definition) is 3. The van der Waals surface area contributed by atoms with E-state index in [1.165, 1.54) is 19.8 Å². The highest BCUT2D eigenvalue weighted by atomic mass is 32.2. The molecule has 0 saturated carbocycles. The van der Waals surface area contributed by atoms with Gasteiger partial charge in [-0.2, -0.15) is 5.26 Å². The molecule has 0 amide bonds. The van der Waals surface area contributed by atoms with Crippen LogP contribution in [-0.4, -0.2) is 19.7 Å². The summed E-state index contributed by atoms with van der Waals surface area (Å²) in [5.74, 6) is 0. The topological polar surface area (TPSA) is 70.0 Å². The first-order valence-corrected chi connectivity index (χ1v) is 7.39. The Balaban J connectivity index is 3.96. The van der Waals surface area contributed by atoms with E-state index in [1.807, 2.05) is 6.92 Å². The van der Waals surface area contributed by atoms with Gasteiger partial charge < -0.3 is 0 Å². The summed E-state index contributed by atoms with van der Waals surface area (Å²) in [4.78, 5) is 0. The van der Waals surface area contributed by atoms with Crippen molar-refractivity contribution in [1.29, 1.82) is 5.26 Å². The Morgan fingerprint density at radius 3 is 2.38 bits per heavy atom. The second-order valence-electron chi connectivity index (χ2n) is 4.18. The smallest absolute Gasteiger partial charge is 0.211 e. The molecular weight excluding hydrogens is 224 g/mol. The van der Waals surface area contributed by atoms with Crippen molar-refractivity contribution in [3.63, 3.8) is 0 Å². The van der Waals surface area contributed by atoms with Gasteiger partial charge in [0, 0.05) is 6.04 Å². The lowest BCUT2D eigenvalue weighted by atomic mass is 10.1. The summed E-state index contributed by atoms with van der Waals surface area (Å²) in [6, 6.07) is 1.65. The Morgan fingerprint density at radius 1 is 1.25 bits per heavy atom. The van der Waals surface area contributed by atoms with Crippen LogP contribution in [0.15, 0.2) is 0 Å². The molecule has 0 heterocycles. The molecule has 2 unspecified atom stereocenters. The van der Waals surface area contributed by atoms with Gasteiger partial charge in [0.25, 0.3) is 0 Å². The van der Waals surface area contributed by atoms with E-state index in [-0.39, 0.29) is 6.04 Å². The number of sulfonamides is 1. The molecule has 2 atom stereocenters. The maximum absolute atomic E-state index is 11.5. The quantitative estimate of drug-likeness (QED) is 0.667. The molecular formula is C11H22N2O2S. The summed E-state index contributed by atoms with van der Waals surface area (Å²) in [6.07, 6.45) is 5.35. The summed E-state index contributed by atoms with van der Waals surface area (Å²) >= 11 is 0. The number of nitriles is 1. The zero-order valence-corrected chi connectivity index (χ0v) is 11.2. The van der Waals surface area contributed by atoms with Gasteiger partial charge in [0.15, 0.2) is 5.25 Å². The van der Waals surface area contributed by atoms with Crippen LogP contribution >= 0.6 is 0 Å². The minimum Gasteiger partial charge on any atom is -0.211 e. The Hall–Kier alpha value is -0.600. The molecule has 0 aromatic heterocycles. The number of nitrogens with zero attached hydrogens (tertiary/aromatic N) is 1. The van der Waals surface area contributed by atoms with Crippen LogP contribution in [0.1, 0.15) is 52.9 Å². The minimum atomic E-state index is -3.46. The van der Waals surface area contributed by atoms with Gasteiger partial charge in [-0.25, -0.2) is 13.1 Å². The fourth-order valence-corrected chi connectivity index (χ4v) is 2.41. The van der Waals surface area contributed by atoms with Crippen molar-refractivity contribution in [2.24, 2.45) is 0 Å². The van der Waals surface area contributed by atoms with Crippen LogP contribution in [0.5, 0.6) is 0 Å². The van der Waals surface area contributed by atoms with E-state index >= 15 is 0 Å². The van der Waals surface area contributed by atoms with E-state index < -0.39 is 15.3 Å². The number of rotatable bonds is 8. The van der Waals surface area contributed by atoms with E-state index in [0.29, 0.717) is 0 Å². The molecule has 0 rings (SSSR count). The van der Waals surface area contributed by atoms with Crippen molar-refractivity contribution in [3.8, 4) is 6.07 Å². The number of hydrogen-bond donors (Lipinski definition) is 1. The average molecular weight is 246 g/mol. The fourth-order valence-electron chi connectivity index (χ4n) is 1.39. The third kappa shape index (κ3) is 6.09. The van der Waals surface area contributed by atoms with Gasteiger partial charge in [-0.15, -0.1) is 0 Å². The third-order valence-electron chi connectivity index (χ3n) is 2.50. The van der Waals surface area contributed by atoms with Gasteiger partial charge in [0.1, 0.15) is 0 Å². The van der Waals surface area contributed by atoms with Crippen LogP contribution in [0.2, 0.25) is 0 Å². The lowest BCUT2D eigenvalue weighted by Crippen LogP contribution is -2.37. The molecule has 0 fully saturated rings. The molecule has 0 aromatic rings. The summed E-state index contributed by atoms with van der Waals surface area (Å²) in [5.41, 5.74) is 0. The minimum absolute atomic E-state index is 0.0855. The summed E-state index contributed by atoms with van der Waals surface area (Å²) in [6.45, 7) is 5.38. The highest BCUT2D eigenvalue weighted by molar-refractivity contribution is 7.90. The van der Waals surface area contributed by atoms with Crippen molar-refractivity contribution >= 4 is 10.0 Å². The maximum atomic E-state index is 11.5. The molecule has 0 bridgehead atoms. The molecule has 0 radical (unpaired) electrons. The highest BCUT2D eigenvalue weighted by Gasteiger charge is 2.21. The molecule has 5 heteroatoms. The predicted molar refractivity (Wildman–Crippen MR) is 65.4 cm³/mol. The molecule has 4 nitrogen and oxygen atoms in total. The SMILES string of the molecule is CCCCCCC(C)NS(=O)(=O)C(C)C#N. The van der Waals surface area contributed by atoms with Crippen molar-refractivity contribution in [2.75, 3.05) is 0 Å². The Labute approximate surface area is 99.1 Å². The first-order chi connectivity index (χ1) is 7.44. The molecule has 0 aromatic carbocycles. The normalized spacial score (nSPS) is 15.4. The highest BCUT2D eigenvalue weighted by Crippen LogP contribution is 2.07. The van der Waals surface area contributed by atoms with E-state index in [2.05, 4.69) is 11.6 Å². The Bertz CT molecular complexity index is 319. The number of nitrogens with one attached hydrogen (secondary N) is 1. The lowest BCUT2D eigenvalue weighted by molar-refractivity contribution is 0.519. The number of unbranched alkanes of at least 4 members (excludes halogenated alkanes) is 3. The van der Waals surface area contributed by atoms with E-state index in [4.69, 9.17) is 5.26 Å². The predicted octanol–water partition coefficient (Wildman–Crippen LogP) is 2.18. The molecule has 1 N–H and O–H groups in total. The summed E-state index contributed by atoms with van der Waals surface area (Å²) in [5, 5.41) is 7.58. The molecule has 0 spiro atoms. The summed E-state index contributed by atoms with van der Waals surface area (Å²) in [7, 11) is -3.46. The molecule has 0 aliphatic rings. The van der Waals surface area contributed by atoms with Gasteiger partial charge in [0.2, 0.25) is 10.0 Å². The Kier molecular flexibility index (Phi) is 7.35. The molecule has 0 aliphatic heterocycles. The van der Waals surface area contributed by atoms with Crippen LogP contribution < -0.4 is 4.72 Å². The summed E-state index contributed by atoms with van der Waals surface area (Å²) < 4.78 is 25.6. The van der Waals surface area contributed by atoms with Crippen molar-refractivity contribution in [3.05, 3.63) is 0 Å². The standard InChI is InChI=1S/C11H22N2O2S/c1-4-5-6-7-8-10(2)13-16(14,15)11(3)9-12/h10-11,13H,4-8H2,1-3H3. The van der Waals surface area contributed by atoms with Crippen molar-refractivity contribution in [2.45, 2.75) is 64.2 Å². The zero-order valence-electron chi connectivity index (χ0n) is 10.4. The molecule has 94 valence electrons. The van der Waals surface area contributed by atoms with Gasteiger partial charge >= 0.3 is 0 Å². The largest absolute Gasteiger partial charge is 0.227 e. The molecule has 0 saturated heterocycles. The monoisotopic (exact) mass is 246 g/mol. The average Bonchev–Trinajstić information content (AvgIpc) is 2.22. The third-order valence-corrected chi connectivity index (χ3v) is 4.27. The van der Waals surface area contributed by atoms with Gasteiger partial charge in [0.05, 0.1) is 6.07 Å². The fraction of sp³-hybridized carbons (Fsp3) is 0.909. The van der Waals surface area contributed by atoms with Crippen LogP contribution in [0.3, 0.4) is 0 Å². The van der Waals surface area contributed by atoms with Crippen LogP contribution in [0, 0.1) is 11.3 Å². The van der Waals surface area contributed by atoms with E-state index in [9.17, 15) is 8.42 Å². The lowest BCUT2D eigenvalue weighted by Gasteiger charge is -2.14. The van der Waals surface area contributed by atoms with Crippen LogP contribution in [0.4, 0.5) is 0 Å². The first kappa shape index (κ1) is 15.4. The van der Waals surface area contributed by atoms with E-state index in [1.54, 1.807) is 6.07 Å². The van der Waals surface area contributed by atoms with Crippen molar-refractivity contribution < 1.29 is 8.42 Å². The van der Waals surface area contributed by atoms with Gasteiger partial charge in [-0.05, 0) is 20.3 Å². The van der Waals surface area contributed by atoms with Crippen molar-refractivity contribution in [1.82, 2.24) is 4.72 Å². The van der Waals surface area contributed by atoms with E-state index in [0.717, 1.165) is 19.3 Å².